The van der Waals surface area contributed by atoms with Crippen molar-refractivity contribution in [2.24, 2.45) is 5.41 Å². The molecule has 0 bridgehead atoms. The fraction of sp³-hybridized carbons (Fsp3) is 0.368. The minimum Gasteiger partial charge on any atom is -0.481 e. The summed E-state index contributed by atoms with van der Waals surface area (Å²) in [7, 11) is 0. The quantitative estimate of drug-likeness (QED) is 0.722. The minimum atomic E-state index is -1.23. The van der Waals surface area contributed by atoms with Crippen LogP contribution in [0.5, 0.6) is 0 Å². The summed E-state index contributed by atoms with van der Waals surface area (Å²) in [5.74, 6) is -1.80. The van der Waals surface area contributed by atoms with Gasteiger partial charge in [0.2, 0.25) is 5.76 Å². The van der Waals surface area contributed by atoms with Gasteiger partial charge < -0.3 is 19.7 Å². The highest BCUT2D eigenvalue weighted by molar-refractivity contribution is 5.84. The van der Waals surface area contributed by atoms with E-state index in [2.05, 4.69) is 0 Å². The van der Waals surface area contributed by atoms with E-state index in [9.17, 15) is 19.8 Å². The second-order valence-corrected chi connectivity index (χ2v) is 6.70. The van der Waals surface area contributed by atoms with Gasteiger partial charge in [-0.15, -0.1) is 0 Å². The van der Waals surface area contributed by atoms with E-state index < -0.39 is 23.5 Å². The molecule has 3 rings (SSSR count). The third-order valence-corrected chi connectivity index (χ3v) is 4.98. The molecule has 26 heavy (non-hydrogen) atoms. The molecule has 2 heterocycles. The average molecular weight is 359 g/mol. The van der Waals surface area contributed by atoms with Gasteiger partial charge in [-0.2, -0.15) is 0 Å². The predicted molar refractivity (Wildman–Crippen MR) is 91.8 cm³/mol. The van der Waals surface area contributed by atoms with Gasteiger partial charge in [-0.3, -0.25) is 9.69 Å². The van der Waals surface area contributed by atoms with Crippen LogP contribution in [-0.2, 0) is 17.8 Å². The smallest absolute Gasteiger partial charge is 0.371 e. The van der Waals surface area contributed by atoms with Crippen molar-refractivity contribution in [3.05, 3.63) is 59.5 Å². The predicted octanol–water partition coefficient (Wildman–Crippen LogP) is 1.86. The van der Waals surface area contributed by atoms with Gasteiger partial charge in [0, 0.05) is 6.54 Å². The van der Waals surface area contributed by atoms with Crippen molar-refractivity contribution in [3.63, 3.8) is 0 Å². The van der Waals surface area contributed by atoms with Crippen molar-refractivity contribution < 1.29 is 29.3 Å². The third kappa shape index (κ3) is 3.63. The van der Waals surface area contributed by atoms with Crippen molar-refractivity contribution in [1.82, 2.24) is 4.90 Å². The van der Waals surface area contributed by atoms with Crippen LogP contribution in [0.3, 0.4) is 0 Å². The van der Waals surface area contributed by atoms with Crippen molar-refractivity contribution in [1.29, 1.82) is 0 Å². The van der Waals surface area contributed by atoms with Crippen LogP contribution in [0.15, 0.2) is 46.9 Å². The van der Waals surface area contributed by atoms with Crippen LogP contribution >= 0.6 is 0 Å². The molecule has 2 aromatic rings. The molecule has 1 fully saturated rings. The molecule has 0 radical (unpaired) electrons. The van der Waals surface area contributed by atoms with E-state index in [0.717, 1.165) is 5.56 Å². The first-order chi connectivity index (χ1) is 12.4. The highest BCUT2D eigenvalue weighted by atomic mass is 16.4. The van der Waals surface area contributed by atoms with E-state index in [1.807, 2.05) is 35.2 Å². The summed E-state index contributed by atoms with van der Waals surface area (Å²) in [6.45, 7) is 0.979. The number of aliphatic carboxylic acids is 1. The van der Waals surface area contributed by atoms with Crippen LogP contribution in [0.1, 0.15) is 28.3 Å². The zero-order valence-corrected chi connectivity index (χ0v) is 14.2. The third-order valence-electron chi connectivity index (χ3n) is 4.98. The van der Waals surface area contributed by atoms with Crippen molar-refractivity contribution in [2.45, 2.75) is 25.5 Å². The lowest BCUT2D eigenvalue weighted by Crippen LogP contribution is -2.55. The number of rotatable bonds is 6. The maximum atomic E-state index is 12.0. The molecule has 0 saturated carbocycles. The summed E-state index contributed by atoms with van der Waals surface area (Å²) >= 11 is 0. The van der Waals surface area contributed by atoms with Crippen molar-refractivity contribution in [2.75, 3.05) is 13.1 Å². The van der Waals surface area contributed by atoms with Crippen molar-refractivity contribution in [3.8, 4) is 0 Å². The molecule has 1 saturated heterocycles. The zero-order chi connectivity index (χ0) is 18.7. The summed E-state index contributed by atoms with van der Waals surface area (Å²) in [5, 5.41) is 29.3. The fourth-order valence-corrected chi connectivity index (χ4v) is 3.47. The van der Waals surface area contributed by atoms with Gasteiger partial charge in [0.25, 0.3) is 0 Å². The molecule has 2 atom stereocenters. The number of aliphatic hydroxyl groups excluding tert-OH is 1. The molecule has 1 aliphatic heterocycles. The first kappa shape index (κ1) is 18.2. The molecule has 138 valence electrons. The van der Waals surface area contributed by atoms with E-state index in [0.29, 0.717) is 25.3 Å². The molecule has 0 unspecified atom stereocenters. The van der Waals surface area contributed by atoms with E-state index in [1.54, 1.807) is 6.07 Å². The Hall–Kier alpha value is -2.64. The number of carboxylic acids is 2. The van der Waals surface area contributed by atoms with Crippen LogP contribution in [0, 0.1) is 5.41 Å². The lowest BCUT2D eigenvalue weighted by molar-refractivity contribution is -0.163. The van der Waals surface area contributed by atoms with Gasteiger partial charge in [-0.25, -0.2) is 4.79 Å². The normalized spacial score (nSPS) is 23.7. The number of carboxylic acid groups (broad SMARTS) is 2. The van der Waals surface area contributed by atoms with E-state index in [-0.39, 0.29) is 18.7 Å². The topological polar surface area (TPSA) is 111 Å². The number of furan rings is 1. The number of carbonyl (C=O) groups is 2. The Kier molecular flexibility index (Phi) is 5.11. The molecule has 3 N–H and O–H groups in total. The fourth-order valence-electron chi connectivity index (χ4n) is 3.47. The van der Waals surface area contributed by atoms with Crippen LogP contribution < -0.4 is 0 Å². The molecule has 0 spiro atoms. The number of likely N-dealkylation sites (tertiary alicyclic amines) is 1. The average Bonchev–Trinajstić information content (AvgIpc) is 3.07. The molecule has 0 amide bonds. The highest BCUT2D eigenvalue weighted by Crippen LogP contribution is 2.36. The second kappa shape index (κ2) is 7.31. The highest BCUT2D eigenvalue weighted by Gasteiger charge is 2.48. The summed E-state index contributed by atoms with van der Waals surface area (Å²) < 4.78 is 5.24. The first-order valence-corrected chi connectivity index (χ1v) is 8.40. The van der Waals surface area contributed by atoms with Crippen LogP contribution in [0.2, 0.25) is 0 Å². The minimum absolute atomic E-state index is 0.137. The molecule has 1 aromatic carbocycles. The molecular formula is C19H21NO6. The zero-order valence-electron chi connectivity index (χ0n) is 14.2. The Balaban J connectivity index is 1.70. The molecule has 7 heteroatoms. The van der Waals surface area contributed by atoms with Gasteiger partial charge >= 0.3 is 11.9 Å². The SMILES string of the molecule is O=C(O)c1ccc(CN2CC[C@](Cc3ccccc3)(C(=O)O)[C@@H](O)C2)o1. The van der Waals surface area contributed by atoms with Crippen LogP contribution in [-0.4, -0.2) is 51.4 Å². The number of β-amino-alcohol motifs (C(OH)–C–C–N with tert-alkyl or cyclic N) is 1. The number of nitrogens with zero attached hydrogens (tertiary/aromatic N) is 1. The van der Waals surface area contributed by atoms with Gasteiger partial charge in [-0.05, 0) is 37.1 Å². The second-order valence-electron chi connectivity index (χ2n) is 6.70. The summed E-state index contributed by atoms with van der Waals surface area (Å²) in [4.78, 5) is 24.7. The Morgan fingerprint density at radius 2 is 1.88 bits per heavy atom. The van der Waals surface area contributed by atoms with Gasteiger partial charge in [0.1, 0.15) is 11.2 Å². The van der Waals surface area contributed by atoms with Crippen LogP contribution in [0.25, 0.3) is 0 Å². The molecule has 1 aliphatic rings. The number of benzene rings is 1. The number of hydrogen-bond donors (Lipinski definition) is 3. The van der Waals surface area contributed by atoms with Gasteiger partial charge in [-0.1, -0.05) is 30.3 Å². The Morgan fingerprint density at radius 3 is 2.46 bits per heavy atom. The Bertz CT molecular complexity index is 786. The van der Waals surface area contributed by atoms with Crippen molar-refractivity contribution >= 4 is 11.9 Å². The first-order valence-electron chi connectivity index (χ1n) is 8.40. The van der Waals surface area contributed by atoms with E-state index in [4.69, 9.17) is 9.52 Å². The van der Waals surface area contributed by atoms with Gasteiger partial charge in [0.05, 0.1) is 12.6 Å². The standard InChI is InChI=1S/C19H21NO6/c21-16-12-20(11-14-6-7-15(26-14)17(22)23)9-8-19(16,18(24)25)10-13-4-2-1-3-5-13/h1-7,16,21H,8-12H2,(H,22,23)(H,24,25)/t16-,19+/m0/s1. The monoisotopic (exact) mass is 359 g/mol. The Labute approximate surface area is 150 Å². The lowest BCUT2D eigenvalue weighted by Gasteiger charge is -2.42. The number of piperidine rings is 1. The maximum absolute atomic E-state index is 12.0. The molecule has 7 nitrogen and oxygen atoms in total. The number of aliphatic hydroxyl groups is 1. The molecular weight excluding hydrogens is 338 g/mol. The lowest BCUT2D eigenvalue weighted by atomic mass is 9.71. The number of hydrogen-bond acceptors (Lipinski definition) is 5. The van der Waals surface area contributed by atoms with E-state index in [1.165, 1.54) is 6.07 Å². The van der Waals surface area contributed by atoms with Crippen LogP contribution in [0.4, 0.5) is 0 Å². The molecule has 0 aliphatic carbocycles. The maximum Gasteiger partial charge on any atom is 0.371 e. The largest absolute Gasteiger partial charge is 0.481 e. The summed E-state index contributed by atoms with van der Waals surface area (Å²) in [5.41, 5.74) is -0.354. The van der Waals surface area contributed by atoms with E-state index >= 15 is 0 Å². The van der Waals surface area contributed by atoms with Gasteiger partial charge in [0.15, 0.2) is 0 Å². The summed E-state index contributed by atoms with van der Waals surface area (Å²) in [6, 6.07) is 12.3. The number of aromatic carboxylic acids is 1. The molecule has 1 aromatic heterocycles. The Morgan fingerprint density at radius 1 is 1.15 bits per heavy atom. The summed E-state index contributed by atoms with van der Waals surface area (Å²) in [6.07, 6.45) is -0.477.